The van der Waals surface area contributed by atoms with Crippen molar-refractivity contribution in [1.82, 2.24) is 9.80 Å². The van der Waals surface area contributed by atoms with Gasteiger partial charge in [0.1, 0.15) is 0 Å². The second-order valence-corrected chi connectivity index (χ2v) is 32.3. The van der Waals surface area contributed by atoms with E-state index in [0.29, 0.717) is 36.1 Å². The van der Waals surface area contributed by atoms with Gasteiger partial charge in [-0.05, 0) is 164 Å². The molecule has 0 aromatic carbocycles. The smallest absolute Gasteiger partial charge is 1.00 e. The quantitative estimate of drug-likeness (QED) is 0.00949. The summed E-state index contributed by atoms with van der Waals surface area (Å²) in [6.07, 6.45) is 39.6. The predicted octanol–water partition coefficient (Wildman–Crippen LogP) is 20.8. The Balaban J connectivity index is 0.00000224. The number of aryl methyl sites for hydroxylation is 4. The van der Waals surface area contributed by atoms with Gasteiger partial charge >= 0.3 is 103 Å². The second kappa shape index (κ2) is 54.5. The van der Waals surface area contributed by atoms with Gasteiger partial charge in [0.25, 0.3) is 18.3 Å². The molecule has 0 saturated heterocycles. The van der Waals surface area contributed by atoms with E-state index in [1.807, 2.05) is 68.0 Å². The van der Waals surface area contributed by atoms with Gasteiger partial charge in [0.2, 0.25) is 0 Å². The molecule has 0 bridgehead atoms. The molecule has 6 aromatic heterocycles. The molecule has 98 heavy (non-hydrogen) atoms. The van der Waals surface area contributed by atoms with Crippen molar-refractivity contribution in [3.8, 4) is 39.0 Å². The van der Waals surface area contributed by atoms with Crippen molar-refractivity contribution in [1.29, 1.82) is 0 Å². The monoisotopic (exact) mass is 1620 g/mol. The molecule has 7 nitrogen and oxygen atoms in total. The predicted molar refractivity (Wildman–Crippen MR) is 431 cm³/mol. The first-order valence-corrected chi connectivity index (χ1v) is 42.2. The summed E-state index contributed by atoms with van der Waals surface area (Å²) < 4.78 is 15.5. The van der Waals surface area contributed by atoms with E-state index in [1.54, 1.807) is 0 Å². The van der Waals surface area contributed by atoms with Gasteiger partial charge in [0.15, 0.2) is 0 Å². The third kappa shape index (κ3) is 28.3. The molecular weight excluding hydrogens is 1500 g/mol. The molecule has 6 aromatic rings. The molecule has 0 fully saturated rings. The largest absolute Gasteiger partial charge is 1.00 e. The first-order valence-electron chi connectivity index (χ1n) is 37.9. The van der Waals surface area contributed by atoms with Crippen LogP contribution in [0.25, 0.3) is 50.4 Å². The van der Waals surface area contributed by atoms with Crippen molar-refractivity contribution in [2.75, 3.05) is 20.2 Å². The summed E-state index contributed by atoms with van der Waals surface area (Å²) in [4.78, 5) is 60.7. The third-order valence-electron chi connectivity index (χ3n) is 19.2. The summed E-state index contributed by atoms with van der Waals surface area (Å²) in [6.45, 7) is 26.2. The van der Waals surface area contributed by atoms with Gasteiger partial charge in [-0.1, -0.05) is 224 Å². The van der Waals surface area contributed by atoms with Crippen LogP contribution in [0.5, 0.6) is 0 Å². The maximum absolute atomic E-state index is 16.1. The van der Waals surface area contributed by atoms with E-state index in [2.05, 4.69) is 150 Å². The van der Waals surface area contributed by atoms with Crippen LogP contribution in [-0.4, -0.2) is 48.3 Å². The molecule has 538 valence electrons. The van der Waals surface area contributed by atoms with E-state index in [9.17, 15) is 4.39 Å². The molecule has 2 unspecified atom stereocenters. The Bertz CT molecular complexity index is 3040. The van der Waals surface area contributed by atoms with Crippen molar-refractivity contribution >= 4 is 122 Å². The number of amides is 2. The minimum Gasteiger partial charge on any atom is -1.00 e. The van der Waals surface area contributed by atoms with E-state index in [4.69, 9.17) is 11.4 Å². The van der Waals surface area contributed by atoms with E-state index in [-0.39, 0.29) is 146 Å². The topological polar surface area (TPSA) is 90.0 Å². The number of alkyl halides is 1. The molecular formula is C81H122FIK2N2O5S6. The Kier molecular flexibility index (Phi) is 51.3. The van der Waals surface area contributed by atoms with Gasteiger partial charge < -0.3 is 21.4 Å². The number of hydrogen-bond acceptors (Lipinski definition) is 11. The summed E-state index contributed by atoms with van der Waals surface area (Å²) >= 11 is 11.3. The Morgan fingerprint density at radius 1 is 0.449 bits per heavy atom. The van der Waals surface area contributed by atoms with Crippen molar-refractivity contribution in [3.63, 3.8) is 0 Å². The van der Waals surface area contributed by atoms with Gasteiger partial charge in [0.05, 0.1) is 40.8 Å². The molecule has 2 atom stereocenters. The fourth-order valence-electron chi connectivity index (χ4n) is 13.3. The van der Waals surface area contributed by atoms with Gasteiger partial charge in [0, 0.05) is 52.1 Å². The van der Waals surface area contributed by atoms with Crippen LogP contribution >= 0.6 is 92.0 Å². The number of thiophene rings is 6. The molecule has 2 amide bonds. The Labute approximate surface area is 723 Å². The number of nitrogens with zero attached hydrogens (tertiary/aromatic N) is 2. The van der Waals surface area contributed by atoms with Crippen LogP contribution in [-0.2, 0) is 45.0 Å². The van der Waals surface area contributed by atoms with Crippen LogP contribution in [0.2, 0.25) is 0 Å². The fraction of sp³-hybridized carbons (Fsp3) is 0.617. The SMILES string of the molecule is CCCCC(CC)CC.CCCCCCc1ccsc1-c1ccc(-c2sc(C3=C4C(=O)N(CC(CC)CCCC)C(c5cc(CCCCCC)c(-c6ccc(-c7sccc7CCCCCC)s6)s5)=C4C(=O)N3CC(CC)CCCC)cc2CCCCCC)s1.I.O=CO[O-].[2H]CF.[H-].[K+].[K+]. The van der Waals surface area contributed by atoms with Crippen molar-refractivity contribution < 1.29 is 134 Å². The molecule has 0 spiro atoms. The Hall–Kier alpha value is -0.0173. The third-order valence-corrected chi connectivity index (χ3v) is 26.4. The van der Waals surface area contributed by atoms with Gasteiger partial charge in [-0.3, -0.25) is 18.8 Å². The zero-order valence-corrected chi connectivity index (χ0v) is 76.2. The summed E-state index contributed by atoms with van der Waals surface area (Å²) in [5.41, 5.74) is 8.76. The van der Waals surface area contributed by atoms with Crippen LogP contribution < -0.4 is 108 Å². The maximum atomic E-state index is 16.1. The van der Waals surface area contributed by atoms with Crippen LogP contribution in [0.4, 0.5) is 4.39 Å². The standard InChI is InChI=1S/C70H96N2O2S6.C9H20.CH3F.CH2O3.HI.2K.H/c1-9-17-23-27-33-51-41-43-75-65(51)55-37-39-57(77-55)67-53(35-29-25-19-11-3)45-59(79-67)63-61-62(70(74)71(63)47-49(15-7)31-21-13-5)64(72(69(61)73)48-50(16-8)32-22-14-6)60-46-54(36-30-26-20-12-4)68(80-60)58-40-38-56(78-58)66-52(42-44-76-66)34-28-24-18-10-2;1-4-7-8-9(5-2)6-3;1-2;2-1-4-3;;;;/h37-46,49-50H,9-36,47-48H2,1-8H3;9H,4-8H2,1-3H3;1H3;1,3H;1H;;;/q;;;;;2*+1;-1/p-1/i;;1D;;;;;. The molecule has 8 rings (SSSR count). The first-order chi connectivity index (χ1) is 46.9. The average molecular weight is 1620 g/mol. The maximum Gasteiger partial charge on any atom is 1.00 e. The number of carbonyl (C=O) groups is 3. The molecule has 8 heterocycles. The summed E-state index contributed by atoms with van der Waals surface area (Å²) in [6, 6.07) is 19.0. The van der Waals surface area contributed by atoms with Crippen LogP contribution in [0, 0.1) is 17.8 Å². The molecule has 0 N–H and O–H groups in total. The van der Waals surface area contributed by atoms with E-state index in [0.717, 1.165) is 117 Å². The van der Waals surface area contributed by atoms with Gasteiger partial charge in [-0.15, -0.1) is 92.0 Å². The number of halogens is 2. The minimum absolute atomic E-state index is 0. The van der Waals surface area contributed by atoms with Crippen LogP contribution in [0.1, 0.15) is 297 Å². The van der Waals surface area contributed by atoms with Gasteiger partial charge in [-0.25, -0.2) is 0 Å². The fourth-order valence-corrected chi connectivity index (χ4v) is 20.4. The van der Waals surface area contributed by atoms with Crippen molar-refractivity contribution in [3.05, 3.63) is 102 Å². The van der Waals surface area contributed by atoms with Crippen molar-refractivity contribution in [2.24, 2.45) is 17.8 Å². The zero-order chi connectivity index (χ0) is 69.6. The van der Waals surface area contributed by atoms with Gasteiger partial charge in [-0.2, -0.15) is 0 Å². The molecule has 2 aliphatic heterocycles. The van der Waals surface area contributed by atoms with E-state index >= 15 is 9.59 Å². The first kappa shape index (κ1) is 92.2. The van der Waals surface area contributed by atoms with Crippen LogP contribution in [0.3, 0.4) is 0 Å². The summed E-state index contributed by atoms with van der Waals surface area (Å²) in [7, 11) is -1.00. The number of unbranched alkanes of at least 4 members (excludes halogenated alkanes) is 15. The Morgan fingerprint density at radius 3 is 1.04 bits per heavy atom. The summed E-state index contributed by atoms with van der Waals surface area (Å²) in [5, 5.41) is 13.0. The average Bonchev–Trinajstić information content (AvgIpc) is 1.55. The second-order valence-electron chi connectivity index (χ2n) is 26.2. The molecule has 0 radical (unpaired) electrons. The normalized spacial score (nSPS) is 13.3. The van der Waals surface area contributed by atoms with E-state index in [1.165, 1.54) is 183 Å². The number of fused-ring (bicyclic) bond motifs is 1. The van der Waals surface area contributed by atoms with Crippen molar-refractivity contribution in [2.45, 2.75) is 288 Å². The number of hydrogen-bond donors (Lipinski definition) is 0. The molecule has 0 aliphatic carbocycles. The molecule has 2 aliphatic rings. The van der Waals surface area contributed by atoms with Crippen LogP contribution in [0.15, 0.2) is 70.4 Å². The molecule has 17 heteroatoms. The number of rotatable bonds is 44. The number of carbonyl (C=O) groups excluding carboxylic acids is 3. The van der Waals surface area contributed by atoms with E-state index < -0.39 is 7.15 Å². The minimum atomic E-state index is -1.00. The Morgan fingerprint density at radius 2 is 0.745 bits per heavy atom. The summed E-state index contributed by atoms with van der Waals surface area (Å²) in [5.74, 6) is 1.74. The zero-order valence-electron chi connectivity index (χ0n) is 64.7. The molecule has 0 saturated carbocycles.